The molecule has 0 fully saturated rings. The zero-order chi connectivity index (χ0) is 14.0. The van der Waals surface area contributed by atoms with E-state index in [0.29, 0.717) is 10.7 Å². The molecule has 0 atom stereocenters. The van der Waals surface area contributed by atoms with Crippen molar-refractivity contribution in [2.75, 3.05) is 11.1 Å². The van der Waals surface area contributed by atoms with Gasteiger partial charge in [0, 0.05) is 10.7 Å². The van der Waals surface area contributed by atoms with Crippen LogP contribution in [0.2, 0.25) is 10.0 Å². The Morgan fingerprint density at radius 1 is 1.16 bits per heavy atom. The van der Waals surface area contributed by atoms with Crippen LogP contribution in [0.25, 0.3) is 0 Å². The summed E-state index contributed by atoms with van der Waals surface area (Å²) in [6, 6.07) is 8.45. The average molecular weight is 299 g/mol. The monoisotopic (exact) mass is 298 g/mol. The van der Waals surface area contributed by atoms with E-state index in [-0.39, 0.29) is 16.3 Å². The van der Waals surface area contributed by atoms with Crippen molar-refractivity contribution in [2.45, 2.75) is 0 Å². The Labute approximate surface area is 119 Å². The molecule has 98 valence electrons. The number of rotatable bonds is 2. The van der Waals surface area contributed by atoms with Gasteiger partial charge in [-0.05, 0) is 36.4 Å². The Kier molecular flexibility index (Phi) is 3.93. The highest BCUT2D eigenvalue weighted by molar-refractivity contribution is 6.37. The molecule has 3 nitrogen and oxygen atoms in total. The third-order valence-electron chi connectivity index (χ3n) is 2.43. The second-order valence-electron chi connectivity index (χ2n) is 3.81. The highest BCUT2D eigenvalue weighted by Gasteiger charge is 2.11. The lowest BCUT2D eigenvalue weighted by atomic mass is 10.2. The molecule has 19 heavy (non-hydrogen) atoms. The molecule has 0 saturated heterocycles. The van der Waals surface area contributed by atoms with E-state index in [9.17, 15) is 9.18 Å². The van der Waals surface area contributed by atoms with Crippen molar-refractivity contribution in [3.63, 3.8) is 0 Å². The Hall–Kier alpha value is -1.78. The van der Waals surface area contributed by atoms with Crippen LogP contribution in [0.4, 0.5) is 15.8 Å². The van der Waals surface area contributed by atoms with E-state index in [1.54, 1.807) is 6.07 Å². The van der Waals surface area contributed by atoms with Gasteiger partial charge in [0.15, 0.2) is 0 Å². The molecule has 0 radical (unpaired) electrons. The first-order valence-corrected chi connectivity index (χ1v) is 6.04. The number of benzene rings is 2. The number of hydrogen-bond donors (Lipinski definition) is 2. The maximum absolute atomic E-state index is 13.0. The molecule has 0 bridgehead atoms. The van der Waals surface area contributed by atoms with Crippen LogP contribution in [0.3, 0.4) is 0 Å². The van der Waals surface area contributed by atoms with Crippen LogP contribution in [0.1, 0.15) is 10.4 Å². The average Bonchev–Trinajstić information content (AvgIpc) is 2.33. The molecule has 2 aromatic carbocycles. The molecular formula is C13H9Cl2FN2O. The van der Waals surface area contributed by atoms with Crippen LogP contribution >= 0.6 is 23.2 Å². The summed E-state index contributed by atoms with van der Waals surface area (Å²) in [4.78, 5) is 12.0. The molecule has 0 saturated carbocycles. The second-order valence-corrected chi connectivity index (χ2v) is 4.66. The fourth-order valence-electron chi connectivity index (χ4n) is 1.49. The van der Waals surface area contributed by atoms with Gasteiger partial charge >= 0.3 is 0 Å². The maximum Gasteiger partial charge on any atom is 0.257 e. The fourth-order valence-corrected chi connectivity index (χ4v) is 1.99. The van der Waals surface area contributed by atoms with Crippen LogP contribution in [0, 0.1) is 5.82 Å². The van der Waals surface area contributed by atoms with Crippen LogP contribution in [0.5, 0.6) is 0 Å². The third-order valence-corrected chi connectivity index (χ3v) is 2.98. The Balaban J connectivity index is 2.23. The fraction of sp³-hybridized carbons (Fsp3) is 0. The molecule has 0 unspecified atom stereocenters. The van der Waals surface area contributed by atoms with E-state index in [1.807, 2.05) is 0 Å². The molecule has 0 aliphatic heterocycles. The quantitative estimate of drug-likeness (QED) is 0.824. The lowest BCUT2D eigenvalue weighted by molar-refractivity contribution is 0.102. The predicted octanol–water partition coefficient (Wildman–Crippen LogP) is 3.97. The first kappa shape index (κ1) is 13.6. The number of carbonyl (C=O) groups excluding carboxylic acids is 1. The predicted molar refractivity (Wildman–Crippen MR) is 75.2 cm³/mol. The summed E-state index contributed by atoms with van der Waals surface area (Å²) < 4.78 is 13.0. The largest absolute Gasteiger partial charge is 0.396 e. The normalized spacial score (nSPS) is 10.3. The van der Waals surface area contributed by atoms with Gasteiger partial charge in [0.05, 0.1) is 16.3 Å². The summed E-state index contributed by atoms with van der Waals surface area (Å²) in [5, 5.41) is 3.25. The second kappa shape index (κ2) is 5.47. The molecular weight excluding hydrogens is 290 g/mol. The molecule has 6 heteroatoms. The molecule has 0 aliphatic carbocycles. The topological polar surface area (TPSA) is 55.1 Å². The first-order valence-electron chi connectivity index (χ1n) is 5.29. The van der Waals surface area contributed by atoms with Gasteiger partial charge in [-0.15, -0.1) is 0 Å². The van der Waals surface area contributed by atoms with Crippen LogP contribution in [0.15, 0.2) is 36.4 Å². The Morgan fingerprint density at radius 3 is 2.53 bits per heavy atom. The first-order chi connectivity index (χ1) is 8.97. The Morgan fingerprint density at radius 2 is 1.89 bits per heavy atom. The van der Waals surface area contributed by atoms with Crippen molar-refractivity contribution in [3.8, 4) is 0 Å². The van der Waals surface area contributed by atoms with Gasteiger partial charge in [-0.2, -0.15) is 0 Å². The highest BCUT2D eigenvalue weighted by atomic mass is 35.5. The number of amides is 1. The van der Waals surface area contributed by atoms with Gasteiger partial charge in [-0.1, -0.05) is 23.2 Å². The SMILES string of the molecule is Nc1cc(NC(=O)c2ccc(Cl)cc2Cl)ccc1F. The summed E-state index contributed by atoms with van der Waals surface area (Å²) >= 11 is 11.7. The maximum atomic E-state index is 13.0. The molecule has 2 aromatic rings. The van der Waals surface area contributed by atoms with Crippen molar-refractivity contribution >= 4 is 40.5 Å². The standard InChI is InChI=1S/C13H9Cl2FN2O/c14-7-1-3-9(10(15)5-7)13(19)18-8-2-4-11(16)12(17)6-8/h1-6H,17H2,(H,18,19). The van der Waals surface area contributed by atoms with E-state index in [2.05, 4.69) is 5.32 Å². The van der Waals surface area contributed by atoms with Gasteiger partial charge in [0.25, 0.3) is 5.91 Å². The van der Waals surface area contributed by atoms with E-state index >= 15 is 0 Å². The third kappa shape index (κ3) is 3.16. The van der Waals surface area contributed by atoms with E-state index in [0.717, 1.165) is 0 Å². The van der Waals surface area contributed by atoms with Crippen molar-refractivity contribution in [1.29, 1.82) is 0 Å². The summed E-state index contributed by atoms with van der Waals surface area (Å²) in [6.45, 7) is 0. The molecule has 2 rings (SSSR count). The number of carbonyl (C=O) groups is 1. The molecule has 0 heterocycles. The number of nitrogens with one attached hydrogen (secondary N) is 1. The van der Waals surface area contributed by atoms with Crippen LogP contribution in [-0.2, 0) is 0 Å². The van der Waals surface area contributed by atoms with Gasteiger partial charge < -0.3 is 11.1 Å². The number of nitrogen functional groups attached to an aromatic ring is 1. The van der Waals surface area contributed by atoms with Crippen molar-refractivity contribution < 1.29 is 9.18 Å². The lowest BCUT2D eigenvalue weighted by Gasteiger charge is -2.08. The summed E-state index contributed by atoms with van der Waals surface area (Å²) in [6.07, 6.45) is 0. The van der Waals surface area contributed by atoms with Crippen LogP contribution < -0.4 is 11.1 Å². The molecule has 1 amide bonds. The number of nitrogens with two attached hydrogens (primary N) is 1. The van der Waals surface area contributed by atoms with Gasteiger partial charge in [-0.25, -0.2) is 4.39 Å². The lowest BCUT2D eigenvalue weighted by Crippen LogP contribution is -2.12. The zero-order valence-electron chi connectivity index (χ0n) is 9.58. The van der Waals surface area contributed by atoms with Gasteiger partial charge in [0.2, 0.25) is 0 Å². The van der Waals surface area contributed by atoms with Crippen LogP contribution in [-0.4, -0.2) is 5.91 Å². The van der Waals surface area contributed by atoms with E-state index in [1.165, 1.54) is 30.3 Å². The minimum atomic E-state index is -0.539. The Bertz CT molecular complexity index is 647. The van der Waals surface area contributed by atoms with Gasteiger partial charge in [-0.3, -0.25) is 4.79 Å². The molecule has 3 N–H and O–H groups in total. The van der Waals surface area contributed by atoms with Crippen molar-refractivity contribution in [1.82, 2.24) is 0 Å². The minimum absolute atomic E-state index is 0.0417. The molecule has 0 aliphatic rings. The summed E-state index contributed by atoms with van der Waals surface area (Å²) in [7, 11) is 0. The highest BCUT2D eigenvalue weighted by Crippen LogP contribution is 2.23. The molecule has 0 spiro atoms. The summed E-state index contributed by atoms with van der Waals surface area (Å²) in [5.74, 6) is -0.963. The zero-order valence-corrected chi connectivity index (χ0v) is 11.1. The van der Waals surface area contributed by atoms with E-state index < -0.39 is 11.7 Å². The van der Waals surface area contributed by atoms with Gasteiger partial charge in [0.1, 0.15) is 5.82 Å². The number of halogens is 3. The smallest absolute Gasteiger partial charge is 0.257 e. The van der Waals surface area contributed by atoms with Crippen molar-refractivity contribution in [3.05, 3.63) is 57.8 Å². The summed E-state index contributed by atoms with van der Waals surface area (Å²) in [5.41, 5.74) is 6.03. The number of anilines is 2. The molecule has 0 aromatic heterocycles. The van der Waals surface area contributed by atoms with E-state index in [4.69, 9.17) is 28.9 Å². The number of hydrogen-bond acceptors (Lipinski definition) is 2. The van der Waals surface area contributed by atoms with Crippen molar-refractivity contribution in [2.24, 2.45) is 0 Å². The minimum Gasteiger partial charge on any atom is -0.396 e.